The van der Waals surface area contributed by atoms with E-state index < -0.39 is 21.3 Å². The molecule has 2 aliphatic carbocycles. The van der Waals surface area contributed by atoms with E-state index in [1.54, 1.807) is 3.21 Å². The maximum absolute atomic E-state index is 2.70. The zero-order chi connectivity index (χ0) is 25.6. The molecular weight excluding hydrogens is 536 g/mol. The molecule has 182 valence electrons. The van der Waals surface area contributed by atoms with Crippen molar-refractivity contribution in [1.82, 2.24) is 0 Å². The zero-order valence-corrected chi connectivity index (χ0v) is 24.3. The molecule has 0 N–H and O–H groups in total. The molecule has 0 nitrogen and oxygen atoms in total. The van der Waals surface area contributed by atoms with Crippen LogP contribution in [0.1, 0.15) is 53.1 Å². The number of aryl methyl sites for hydroxylation is 1. The van der Waals surface area contributed by atoms with Gasteiger partial charge in [0, 0.05) is 0 Å². The molecule has 1 heteroatoms. The molecule has 0 aromatic heterocycles. The SMILES string of the molecule is CC1=Cc2cc(C)ccc2[CH]1[Zr](=[C](c1ccccc1)c1ccccc1)[CH]1c2ccccc2-c2ccccc21. The predicted molar refractivity (Wildman–Crippen MR) is 157 cm³/mol. The summed E-state index contributed by atoms with van der Waals surface area (Å²) in [4.78, 5) is 0. The second-order valence-corrected chi connectivity index (χ2v) is 16.9. The van der Waals surface area contributed by atoms with Crippen LogP contribution in [0.4, 0.5) is 0 Å². The van der Waals surface area contributed by atoms with Gasteiger partial charge in [0.25, 0.3) is 0 Å². The summed E-state index contributed by atoms with van der Waals surface area (Å²) in [7, 11) is 0. The van der Waals surface area contributed by atoms with Gasteiger partial charge in [-0.1, -0.05) is 0 Å². The number of hydrogen-bond acceptors (Lipinski definition) is 0. The third-order valence-electron chi connectivity index (χ3n) is 8.26. The second kappa shape index (κ2) is 9.72. The molecule has 0 bridgehead atoms. The summed E-state index contributed by atoms with van der Waals surface area (Å²) < 4.78 is 2.55. The normalized spacial score (nSPS) is 15.4. The molecule has 5 aromatic carbocycles. The van der Waals surface area contributed by atoms with Gasteiger partial charge in [-0.25, -0.2) is 0 Å². The van der Waals surface area contributed by atoms with Crippen molar-refractivity contribution in [2.45, 2.75) is 21.1 Å². The summed E-state index contributed by atoms with van der Waals surface area (Å²) in [5.41, 5.74) is 14.5. The minimum atomic E-state index is -2.70. The Labute approximate surface area is 233 Å². The molecule has 2 aliphatic rings. The van der Waals surface area contributed by atoms with Gasteiger partial charge in [0.1, 0.15) is 0 Å². The predicted octanol–water partition coefficient (Wildman–Crippen LogP) is 9.11. The molecule has 1 atom stereocenters. The minimum absolute atomic E-state index is 0.445. The van der Waals surface area contributed by atoms with E-state index in [0.29, 0.717) is 7.25 Å². The van der Waals surface area contributed by atoms with Crippen molar-refractivity contribution in [3.05, 3.63) is 172 Å². The van der Waals surface area contributed by atoms with Gasteiger partial charge < -0.3 is 0 Å². The van der Waals surface area contributed by atoms with Crippen LogP contribution in [0.25, 0.3) is 17.2 Å². The fourth-order valence-electron chi connectivity index (χ4n) is 6.72. The van der Waals surface area contributed by atoms with Crippen molar-refractivity contribution in [3.8, 4) is 11.1 Å². The van der Waals surface area contributed by atoms with E-state index in [2.05, 4.69) is 147 Å². The molecule has 0 aliphatic heterocycles. The summed E-state index contributed by atoms with van der Waals surface area (Å²) in [6.45, 7) is 4.60. The summed E-state index contributed by atoms with van der Waals surface area (Å²) in [6, 6.07) is 48.1. The van der Waals surface area contributed by atoms with Gasteiger partial charge in [-0.2, -0.15) is 0 Å². The monoisotopic (exact) mass is 564 g/mol. The molecule has 0 saturated carbocycles. The molecule has 0 spiro atoms. The van der Waals surface area contributed by atoms with Crippen LogP contribution >= 0.6 is 0 Å². The van der Waals surface area contributed by atoms with Crippen LogP contribution in [0.5, 0.6) is 0 Å². The first-order valence-corrected chi connectivity index (χ1v) is 17.6. The van der Waals surface area contributed by atoms with Gasteiger partial charge in [0.05, 0.1) is 0 Å². The first-order chi connectivity index (χ1) is 18.7. The Morgan fingerprint density at radius 3 is 1.63 bits per heavy atom. The molecule has 5 aromatic rings. The van der Waals surface area contributed by atoms with Crippen LogP contribution < -0.4 is 0 Å². The van der Waals surface area contributed by atoms with Crippen molar-refractivity contribution < 1.29 is 21.3 Å². The van der Waals surface area contributed by atoms with Crippen molar-refractivity contribution in [3.63, 3.8) is 0 Å². The van der Waals surface area contributed by atoms with E-state index in [1.807, 2.05) is 0 Å². The summed E-state index contributed by atoms with van der Waals surface area (Å²) in [5, 5.41) is 0. The fraction of sp³-hybridized carbons (Fsp3) is 0.108. The molecule has 0 radical (unpaired) electrons. The number of allylic oxidation sites excluding steroid dienone is 1. The number of benzene rings is 5. The zero-order valence-electron chi connectivity index (χ0n) is 21.9. The Bertz CT molecular complexity index is 1640. The third-order valence-corrected chi connectivity index (χ3v) is 17.6. The standard InChI is InChI=1S/C13H9.C13H10.C11H11.Zr/c1-3-7-12-10(5-1)9-11-6-2-4-8-13(11)12;1-3-7-12(8-4-1)11-13-9-5-2-6-10-13;1-8-3-4-10-6-9(2)7-11(10)5-8;/h1-9H;1-10H;3-7H,1-2H3;. The van der Waals surface area contributed by atoms with E-state index in [-0.39, 0.29) is 0 Å². The maximum atomic E-state index is 2.48. The molecule has 38 heavy (non-hydrogen) atoms. The Hall–Kier alpha value is -3.41. The number of fused-ring (bicyclic) bond motifs is 4. The van der Waals surface area contributed by atoms with Gasteiger partial charge in [-0.3, -0.25) is 0 Å². The fourth-order valence-corrected chi connectivity index (χ4v) is 17.2. The van der Waals surface area contributed by atoms with Crippen LogP contribution in [0.2, 0.25) is 0 Å². The van der Waals surface area contributed by atoms with Crippen LogP contribution in [0, 0.1) is 6.92 Å². The quantitative estimate of drug-likeness (QED) is 0.204. The first kappa shape index (κ1) is 23.7. The molecule has 0 amide bonds. The summed E-state index contributed by atoms with van der Waals surface area (Å²) in [6.07, 6.45) is 2.48. The van der Waals surface area contributed by atoms with Crippen molar-refractivity contribution >= 4 is 9.28 Å². The van der Waals surface area contributed by atoms with Crippen molar-refractivity contribution in [2.75, 3.05) is 0 Å². The van der Waals surface area contributed by atoms with Crippen LogP contribution in [-0.2, 0) is 21.3 Å². The van der Waals surface area contributed by atoms with E-state index in [9.17, 15) is 0 Å². The Morgan fingerprint density at radius 2 is 1.05 bits per heavy atom. The van der Waals surface area contributed by atoms with Crippen LogP contribution in [0.3, 0.4) is 0 Å². The van der Waals surface area contributed by atoms with Gasteiger partial charge in [0.2, 0.25) is 0 Å². The Balaban J connectivity index is 1.62. The van der Waals surface area contributed by atoms with E-state index in [1.165, 1.54) is 55.6 Å². The average Bonchev–Trinajstić information content (AvgIpc) is 3.46. The second-order valence-electron chi connectivity index (χ2n) is 10.6. The number of hydrogen-bond donors (Lipinski definition) is 0. The Kier molecular flexibility index (Phi) is 6.06. The topological polar surface area (TPSA) is 0 Å². The molecule has 0 saturated heterocycles. The van der Waals surface area contributed by atoms with Gasteiger partial charge in [0.15, 0.2) is 0 Å². The van der Waals surface area contributed by atoms with Gasteiger partial charge >= 0.3 is 235 Å². The van der Waals surface area contributed by atoms with Crippen LogP contribution in [0.15, 0.2) is 133 Å². The van der Waals surface area contributed by atoms with Crippen molar-refractivity contribution in [2.24, 2.45) is 0 Å². The van der Waals surface area contributed by atoms with Crippen molar-refractivity contribution in [1.29, 1.82) is 0 Å². The molecule has 0 fully saturated rings. The summed E-state index contributed by atoms with van der Waals surface area (Å²) in [5.74, 6) is 0. The first-order valence-electron chi connectivity index (χ1n) is 13.5. The van der Waals surface area contributed by atoms with E-state index >= 15 is 0 Å². The molecule has 0 heterocycles. The van der Waals surface area contributed by atoms with Crippen LogP contribution in [-0.4, -0.2) is 3.21 Å². The summed E-state index contributed by atoms with van der Waals surface area (Å²) >= 11 is -2.70. The molecular formula is C37H30Zr. The molecule has 1 unspecified atom stereocenters. The van der Waals surface area contributed by atoms with E-state index in [4.69, 9.17) is 0 Å². The van der Waals surface area contributed by atoms with Gasteiger partial charge in [-0.15, -0.1) is 0 Å². The number of rotatable bonds is 4. The van der Waals surface area contributed by atoms with Gasteiger partial charge in [-0.05, 0) is 0 Å². The van der Waals surface area contributed by atoms with E-state index in [0.717, 1.165) is 0 Å². The molecule has 7 rings (SSSR count). The average molecular weight is 566 g/mol. The third kappa shape index (κ3) is 3.88. The Morgan fingerprint density at radius 1 is 0.526 bits per heavy atom.